The van der Waals surface area contributed by atoms with Gasteiger partial charge in [-0.15, -0.1) is 0 Å². The van der Waals surface area contributed by atoms with Crippen LogP contribution in [0.3, 0.4) is 0 Å². The summed E-state index contributed by atoms with van der Waals surface area (Å²) >= 11 is 0. The Bertz CT molecular complexity index is 442. The summed E-state index contributed by atoms with van der Waals surface area (Å²) in [6.45, 7) is 5.02. The van der Waals surface area contributed by atoms with E-state index in [1.165, 1.54) is 0 Å². The molecule has 0 aliphatic carbocycles. The molecule has 0 aromatic rings. The number of esters is 1. The van der Waals surface area contributed by atoms with Crippen molar-refractivity contribution in [3.8, 4) is 0 Å². The monoisotopic (exact) mass is 278 g/mol. The first-order valence-electron chi connectivity index (χ1n) is 5.43. The summed E-state index contributed by atoms with van der Waals surface area (Å²) in [5, 5.41) is 0. The number of ether oxygens (including phenoxy) is 1. The lowest BCUT2D eigenvalue weighted by Crippen LogP contribution is -2.14. The van der Waals surface area contributed by atoms with Gasteiger partial charge in [0.1, 0.15) is 0 Å². The minimum Gasteiger partial charge on any atom is -0.466 e. The molecule has 0 aromatic heterocycles. The fourth-order valence-corrected chi connectivity index (χ4v) is 1.68. The maximum atomic E-state index is 11.7. The molecule has 0 aliphatic heterocycles. The molecule has 0 saturated carbocycles. The Morgan fingerprint density at radius 3 is 2.06 bits per heavy atom. The highest BCUT2D eigenvalue weighted by Crippen LogP contribution is 2.13. The molecule has 0 heterocycles. The molecule has 0 saturated heterocycles. The fourth-order valence-electron chi connectivity index (χ4n) is 1.12. The van der Waals surface area contributed by atoms with E-state index in [4.69, 9.17) is 0 Å². The van der Waals surface area contributed by atoms with Crippen LogP contribution in [0, 0.1) is 0 Å². The summed E-state index contributed by atoms with van der Waals surface area (Å²) in [5.74, 6) is -1.27. The first-order chi connectivity index (χ1) is 8.17. The third-order valence-electron chi connectivity index (χ3n) is 1.80. The molecule has 0 unspecified atom stereocenters. The topological polar surface area (TPSA) is 86.7 Å². The van der Waals surface area contributed by atoms with Gasteiger partial charge in [0, 0.05) is 6.42 Å². The summed E-state index contributed by atoms with van der Waals surface area (Å²) in [6, 6.07) is 0. The Balaban J connectivity index is 4.63. The van der Waals surface area contributed by atoms with E-state index in [2.05, 4.69) is 8.92 Å². The maximum absolute atomic E-state index is 11.7. The van der Waals surface area contributed by atoms with Crippen molar-refractivity contribution in [2.75, 3.05) is 12.9 Å². The number of hydrogen-bond donors (Lipinski definition) is 0. The van der Waals surface area contributed by atoms with Gasteiger partial charge in [-0.3, -0.25) is 9.59 Å². The zero-order valence-corrected chi connectivity index (χ0v) is 11.8. The minimum absolute atomic E-state index is 0.101. The van der Waals surface area contributed by atoms with Crippen molar-refractivity contribution in [2.24, 2.45) is 0 Å². The molecular formula is C11H18O6S. The van der Waals surface area contributed by atoms with Gasteiger partial charge < -0.3 is 8.92 Å². The van der Waals surface area contributed by atoms with Crippen LogP contribution in [0.5, 0.6) is 0 Å². The largest absolute Gasteiger partial charge is 0.466 e. The molecule has 0 spiro atoms. The van der Waals surface area contributed by atoms with Gasteiger partial charge in [0.2, 0.25) is 0 Å². The number of carbonyl (C=O) groups is 2. The Hall–Kier alpha value is -1.37. The van der Waals surface area contributed by atoms with Crippen LogP contribution in [0.1, 0.15) is 33.6 Å². The molecule has 0 aromatic carbocycles. The third-order valence-corrected chi connectivity index (χ3v) is 2.27. The fraction of sp³-hybridized carbons (Fsp3) is 0.636. The molecule has 0 rings (SSSR count). The molecule has 0 N–H and O–H groups in total. The number of Topliss-reactive ketones (excluding diaryl/α,β-unsaturated/α-hetero) is 1. The highest BCUT2D eigenvalue weighted by atomic mass is 32.2. The lowest BCUT2D eigenvalue weighted by atomic mass is 10.1. The van der Waals surface area contributed by atoms with Crippen molar-refractivity contribution in [3.05, 3.63) is 11.3 Å². The second kappa shape index (κ2) is 7.15. The number of allylic oxidation sites excluding steroid dienone is 2. The summed E-state index contributed by atoms with van der Waals surface area (Å²) in [6.07, 6.45) is 0.611. The van der Waals surface area contributed by atoms with E-state index >= 15 is 0 Å². The highest BCUT2D eigenvalue weighted by molar-refractivity contribution is 7.86. The van der Waals surface area contributed by atoms with Crippen LogP contribution in [0.2, 0.25) is 0 Å². The van der Waals surface area contributed by atoms with E-state index in [9.17, 15) is 18.0 Å². The molecule has 0 fully saturated rings. The smallest absolute Gasteiger partial charge is 0.306 e. The predicted molar refractivity (Wildman–Crippen MR) is 65.2 cm³/mol. The lowest BCUT2D eigenvalue weighted by Gasteiger charge is -2.08. The van der Waals surface area contributed by atoms with E-state index in [1.54, 1.807) is 20.8 Å². The predicted octanol–water partition coefficient (Wildman–Crippen LogP) is 1.17. The zero-order valence-electron chi connectivity index (χ0n) is 11.0. The van der Waals surface area contributed by atoms with Crippen LogP contribution in [-0.2, 0) is 28.6 Å². The second-order valence-corrected chi connectivity index (χ2v) is 5.42. The van der Waals surface area contributed by atoms with Crippen molar-refractivity contribution in [2.45, 2.75) is 33.6 Å². The highest BCUT2D eigenvalue weighted by Gasteiger charge is 2.19. The second-order valence-electron chi connectivity index (χ2n) is 3.84. The first kappa shape index (κ1) is 16.6. The van der Waals surface area contributed by atoms with Gasteiger partial charge in [0.25, 0.3) is 0 Å². The van der Waals surface area contributed by atoms with Crippen LogP contribution in [-0.4, -0.2) is 33.0 Å². The van der Waals surface area contributed by atoms with Gasteiger partial charge in [-0.1, -0.05) is 0 Å². The first-order valence-corrected chi connectivity index (χ1v) is 7.24. The number of rotatable bonds is 7. The molecule has 0 atom stereocenters. The molecule has 6 nitrogen and oxygen atoms in total. The van der Waals surface area contributed by atoms with Crippen LogP contribution in [0.4, 0.5) is 0 Å². The van der Waals surface area contributed by atoms with E-state index in [1.807, 2.05) is 0 Å². The van der Waals surface area contributed by atoms with Crippen molar-refractivity contribution >= 4 is 21.9 Å². The van der Waals surface area contributed by atoms with Crippen molar-refractivity contribution in [1.82, 2.24) is 0 Å². The van der Waals surface area contributed by atoms with Gasteiger partial charge >= 0.3 is 16.1 Å². The third kappa shape index (κ3) is 7.05. The quantitative estimate of drug-likeness (QED) is 0.301. The number of hydrogen-bond acceptors (Lipinski definition) is 6. The summed E-state index contributed by atoms with van der Waals surface area (Å²) < 4.78 is 31.3. The van der Waals surface area contributed by atoms with Gasteiger partial charge in [-0.25, -0.2) is 0 Å². The molecule has 104 valence electrons. The number of carbonyl (C=O) groups excluding carboxylic acids is 2. The minimum atomic E-state index is -3.76. The van der Waals surface area contributed by atoms with Gasteiger partial charge in [0.05, 0.1) is 19.3 Å². The molecule has 0 amide bonds. The van der Waals surface area contributed by atoms with Gasteiger partial charge in [-0.2, -0.15) is 8.42 Å². The van der Waals surface area contributed by atoms with Crippen molar-refractivity contribution in [1.29, 1.82) is 0 Å². The molecule has 0 radical (unpaired) electrons. The van der Waals surface area contributed by atoms with E-state index in [0.717, 1.165) is 6.26 Å². The van der Waals surface area contributed by atoms with Crippen LogP contribution >= 0.6 is 0 Å². The van der Waals surface area contributed by atoms with Crippen molar-refractivity contribution < 1.29 is 26.9 Å². The Morgan fingerprint density at radius 2 is 1.67 bits per heavy atom. The summed E-state index contributed by atoms with van der Waals surface area (Å²) in [7, 11) is -3.76. The maximum Gasteiger partial charge on any atom is 0.306 e. The van der Waals surface area contributed by atoms with E-state index in [-0.39, 0.29) is 25.2 Å². The van der Waals surface area contributed by atoms with Crippen molar-refractivity contribution in [3.63, 3.8) is 0 Å². The SMILES string of the molecule is CCOC(=O)CCC(=O)C(OS(C)(=O)=O)=C(C)C. The molecule has 7 heteroatoms. The van der Waals surface area contributed by atoms with Gasteiger partial charge in [0.15, 0.2) is 11.5 Å². The van der Waals surface area contributed by atoms with E-state index in [0.29, 0.717) is 5.57 Å². The Kier molecular flexibility index (Phi) is 6.61. The van der Waals surface area contributed by atoms with Crippen LogP contribution < -0.4 is 0 Å². The van der Waals surface area contributed by atoms with Crippen LogP contribution in [0.25, 0.3) is 0 Å². The lowest BCUT2D eigenvalue weighted by molar-refractivity contribution is -0.144. The average molecular weight is 278 g/mol. The molecule has 0 aliphatic rings. The van der Waals surface area contributed by atoms with Crippen LogP contribution in [0.15, 0.2) is 11.3 Å². The standard InChI is InChI=1S/C11H18O6S/c1-5-16-10(13)7-6-9(12)11(8(2)3)17-18(4,14)15/h5-7H2,1-4H3. The average Bonchev–Trinajstić information content (AvgIpc) is 2.21. The molecular weight excluding hydrogens is 260 g/mol. The molecule has 18 heavy (non-hydrogen) atoms. The van der Waals surface area contributed by atoms with Gasteiger partial charge in [-0.05, 0) is 26.3 Å². The normalized spacial score (nSPS) is 10.7. The zero-order chi connectivity index (χ0) is 14.3. The Morgan fingerprint density at radius 1 is 1.11 bits per heavy atom. The summed E-state index contributed by atoms with van der Waals surface area (Å²) in [4.78, 5) is 22.8. The molecule has 0 bridgehead atoms. The van der Waals surface area contributed by atoms with E-state index < -0.39 is 21.9 Å². The Labute approximate surface area is 107 Å². The summed E-state index contributed by atoms with van der Waals surface area (Å²) in [5.41, 5.74) is 0.439. The number of ketones is 1.